The minimum atomic E-state index is -0.424. The highest BCUT2D eigenvalue weighted by Crippen LogP contribution is 2.42. The van der Waals surface area contributed by atoms with E-state index < -0.39 is 5.37 Å². The Morgan fingerprint density at radius 3 is 2.50 bits per heavy atom. The molecule has 0 aromatic heterocycles. The van der Waals surface area contributed by atoms with E-state index in [0.29, 0.717) is 24.1 Å². The Hall–Kier alpha value is -2.52. The lowest BCUT2D eigenvalue weighted by Gasteiger charge is -2.22. The molecule has 30 heavy (non-hydrogen) atoms. The summed E-state index contributed by atoms with van der Waals surface area (Å²) in [5.74, 6) is 0.937. The van der Waals surface area contributed by atoms with Gasteiger partial charge in [0, 0.05) is 23.9 Å². The molecule has 0 aliphatic carbocycles. The molecular weight excluding hydrogens is 470 g/mol. The van der Waals surface area contributed by atoms with Gasteiger partial charge in [-0.15, -0.1) is 5.10 Å². The number of carbonyl (C=O) groups is 2. The van der Waals surface area contributed by atoms with E-state index in [9.17, 15) is 9.59 Å². The molecule has 1 atom stereocenters. The second-order valence-electron chi connectivity index (χ2n) is 6.61. The summed E-state index contributed by atoms with van der Waals surface area (Å²) in [5, 5.41) is 8.21. The van der Waals surface area contributed by atoms with Crippen LogP contribution >= 0.6 is 27.7 Å². The van der Waals surface area contributed by atoms with E-state index in [-0.39, 0.29) is 11.8 Å². The molecule has 0 radical (unpaired) electrons. The quantitative estimate of drug-likeness (QED) is 0.611. The summed E-state index contributed by atoms with van der Waals surface area (Å²) in [5.41, 5.74) is 1.84. The highest BCUT2D eigenvalue weighted by atomic mass is 79.9. The van der Waals surface area contributed by atoms with Crippen LogP contribution in [0.3, 0.4) is 0 Å². The fraction of sp³-hybridized carbons (Fsp3) is 0.286. The SMILES string of the molecule is CC(=O)NC1=NN(C(C)=O)C(c2cc(C)ccc2OCCOc2ccc(Br)cc2)S1. The molecule has 2 aromatic carbocycles. The molecule has 2 amide bonds. The standard InChI is InChI=1S/C21H22BrN3O4S/c1-13-4-9-19(29-11-10-28-17-7-5-16(22)6-8-17)18(12-13)20-25(15(3)27)24-21(30-20)23-14(2)26/h4-9,12,20H,10-11H2,1-3H3,(H,23,24,26). The molecule has 0 spiro atoms. The Kier molecular flexibility index (Phi) is 7.38. The number of aryl methyl sites for hydroxylation is 1. The monoisotopic (exact) mass is 491 g/mol. The van der Waals surface area contributed by atoms with Crippen molar-refractivity contribution >= 4 is 44.7 Å². The van der Waals surface area contributed by atoms with Crippen LogP contribution in [-0.4, -0.2) is 35.2 Å². The van der Waals surface area contributed by atoms with Crippen LogP contribution < -0.4 is 14.8 Å². The Morgan fingerprint density at radius 1 is 1.13 bits per heavy atom. The van der Waals surface area contributed by atoms with Gasteiger partial charge >= 0.3 is 0 Å². The van der Waals surface area contributed by atoms with Crippen molar-refractivity contribution in [2.45, 2.75) is 26.1 Å². The molecule has 9 heteroatoms. The number of hydrogen-bond acceptors (Lipinski definition) is 6. The lowest BCUT2D eigenvalue weighted by Crippen LogP contribution is -2.25. The summed E-state index contributed by atoms with van der Waals surface area (Å²) < 4.78 is 12.7. The number of ether oxygens (including phenoxy) is 2. The average molecular weight is 492 g/mol. The van der Waals surface area contributed by atoms with Crippen molar-refractivity contribution in [1.82, 2.24) is 10.3 Å². The molecule has 1 aliphatic heterocycles. The smallest absolute Gasteiger partial charge is 0.241 e. The maximum absolute atomic E-state index is 12.1. The lowest BCUT2D eigenvalue weighted by molar-refractivity contribution is -0.129. The average Bonchev–Trinajstić information content (AvgIpc) is 3.10. The molecule has 7 nitrogen and oxygen atoms in total. The number of nitrogens with one attached hydrogen (secondary N) is 1. The minimum absolute atomic E-state index is 0.223. The van der Waals surface area contributed by atoms with Crippen LogP contribution in [0.5, 0.6) is 11.5 Å². The lowest BCUT2D eigenvalue weighted by atomic mass is 10.1. The van der Waals surface area contributed by atoms with Gasteiger partial charge in [0.1, 0.15) is 30.1 Å². The van der Waals surface area contributed by atoms with E-state index in [2.05, 4.69) is 26.3 Å². The van der Waals surface area contributed by atoms with Crippen LogP contribution in [0.1, 0.15) is 30.3 Å². The van der Waals surface area contributed by atoms with Gasteiger partial charge in [-0.1, -0.05) is 39.3 Å². The first-order valence-electron chi connectivity index (χ1n) is 9.28. The van der Waals surface area contributed by atoms with Crippen molar-refractivity contribution in [3.63, 3.8) is 0 Å². The Balaban J connectivity index is 1.70. The first-order valence-corrected chi connectivity index (χ1v) is 10.9. The molecule has 0 saturated heterocycles. The number of thioether (sulfide) groups is 1. The molecule has 1 heterocycles. The number of amidine groups is 1. The van der Waals surface area contributed by atoms with Gasteiger partial charge in [-0.25, -0.2) is 5.01 Å². The van der Waals surface area contributed by atoms with Crippen molar-refractivity contribution in [3.8, 4) is 11.5 Å². The molecule has 158 valence electrons. The van der Waals surface area contributed by atoms with Crippen molar-refractivity contribution in [1.29, 1.82) is 0 Å². The van der Waals surface area contributed by atoms with Gasteiger partial charge in [0.05, 0.1) is 0 Å². The molecule has 1 N–H and O–H groups in total. The van der Waals surface area contributed by atoms with Crippen LogP contribution in [0.25, 0.3) is 0 Å². The molecule has 3 rings (SSSR count). The first kappa shape index (κ1) is 22.2. The van der Waals surface area contributed by atoms with Gasteiger partial charge in [-0.3, -0.25) is 9.59 Å². The van der Waals surface area contributed by atoms with Crippen molar-refractivity contribution < 1.29 is 19.1 Å². The van der Waals surface area contributed by atoms with Gasteiger partial charge in [0.15, 0.2) is 5.17 Å². The topological polar surface area (TPSA) is 80.2 Å². The Labute approximate surface area is 187 Å². The van der Waals surface area contributed by atoms with Gasteiger partial charge in [0.2, 0.25) is 11.8 Å². The third-order valence-corrected chi connectivity index (χ3v) is 5.72. The zero-order valence-electron chi connectivity index (χ0n) is 16.8. The van der Waals surface area contributed by atoms with E-state index in [1.54, 1.807) is 0 Å². The van der Waals surface area contributed by atoms with Crippen LogP contribution in [-0.2, 0) is 9.59 Å². The van der Waals surface area contributed by atoms with Crippen LogP contribution in [0.4, 0.5) is 0 Å². The van der Waals surface area contributed by atoms with Gasteiger partial charge in [0.25, 0.3) is 0 Å². The van der Waals surface area contributed by atoms with Gasteiger partial charge in [-0.05, 0) is 43.3 Å². The summed E-state index contributed by atoms with van der Waals surface area (Å²) in [6.45, 7) is 5.52. The molecule has 0 bridgehead atoms. The highest BCUT2D eigenvalue weighted by Gasteiger charge is 2.34. The second kappa shape index (κ2) is 9.99. The fourth-order valence-electron chi connectivity index (χ4n) is 2.80. The van der Waals surface area contributed by atoms with E-state index >= 15 is 0 Å². The Bertz CT molecular complexity index is 965. The summed E-state index contributed by atoms with van der Waals surface area (Å²) in [7, 11) is 0. The van der Waals surface area contributed by atoms with E-state index in [1.165, 1.54) is 30.6 Å². The van der Waals surface area contributed by atoms with Gasteiger partial charge in [-0.2, -0.15) is 0 Å². The summed E-state index contributed by atoms with van der Waals surface area (Å²) in [6.07, 6.45) is 0. The van der Waals surface area contributed by atoms with Crippen LogP contribution in [0, 0.1) is 6.92 Å². The fourth-order valence-corrected chi connectivity index (χ4v) is 4.22. The van der Waals surface area contributed by atoms with E-state index in [4.69, 9.17) is 9.47 Å². The number of hydrazone groups is 1. The Morgan fingerprint density at radius 2 is 1.83 bits per heavy atom. The number of hydrogen-bond donors (Lipinski definition) is 1. The minimum Gasteiger partial charge on any atom is -0.490 e. The normalized spacial score (nSPS) is 15.5. The van der Waals surface area contributed by atoms with Crippen molar-refractivity contribution in [3.05, 3.63) is 58.1 Å². The summed E-state index contributed by atoms with van der Waals surface area (Å²) in [6, 6.07) is 13.4. The number of rotatable bonds is 6. The van der Waals surface area contributed by atoms with Crippen molar-refractivity contribution in [2.24, 2.45) is 5.10 Å². The zero-order valence-corrected chi connectivity index (χ0v) is 19.2. The number of carbonyl (C=O) groups excluding carboxylic acids is 2. The van der Waals surface area contributed by atoms with Crippen molar-refractivity contribution in [2.75, 3.05) is 13.2 Å². The second-order valence-corrected chi connectivity index (χ2v) is 8.60. The molecule has 1 unspecified atom stereocenters. The third-order valence-electron chi connectivity index (χ3n) is 4.10. The summed E-state index contributed by atoms with van der Waals surface area (Å²) >= 11 is 4.69. The predicted molar refractivity (Wildman–Crippen MR) is 120 cm³/mol. The molecule has 1 aliphatic rings. The number of benzene rings is 2. The molecule has 0 fully saturated rings. The number of nitrogens with zero attached hydrogens (tertiary/aromatic N) is 2. The summed E-state index contributed by atoms with van der Waals surface area (Å²) in [4.78, 5) is 23.5. The van der Waals surface area contributed by atoms with E-state index in [1.807, 2.05) is 49.4 Å². The first-order chi connectivity index (χ1) is 14.3. The predicted octanol–water partition coefficient (Wildman–Crippen LogP) is 4.22. The number of amides is 2. The molecule has 0 saturated carbocycles. The zero-order chi connectivity index (χ0) is 21.7. The maximum Gasteiger partial charge on any atom is 0.241 e. The van der Waals surface area contributed by atoms with E-state index in [0.717, 1.165) is 21.3 Å². The maximum atomic E-state index is 12.1. The third kappa shape index (κ3) is 5.76. The highest BCUT2D eigenvalue weighted by molar-refractivity contribution is 9.10. The van der Waals surface area contributed by atoms with Crippen LogP contribution in [0.2, 0.25) is 0 Å². The largest absolute Gasteiger partial charge is 0.490 e. The van der Waals surface area contributed by atoms with Gasteiger partial charge < -0.3 is 14.8 Å². The number of halogens is 1. The molecule has 2 aromatic rings. The van der Waals surface area contributed by atoms with Crippen LogP contribution in [0.15, 0.2) is 52.0 Å². The molecular formula is C21H22BrN3O4S.